The van der Waals surface area contributed by atoms with Crippen LogP contribution in [-0.4, -0.2) is 71.3 Å². The molecule has 2 fully saturated rings. The first-order valence-corrected chi connectivity index (χ1v) is 9.14. The molecule has 1 unspecified atom stereocenters. The van der Waals surface area contributed by atoms with Crippen molar-refractivity contribution >= 4 is 23.5 Å². The molecular weight excluding hydrogens is 332 g/mol. The number of piperazine rings is 1. The SMILES string of the molecule is CC(=O)N1CCN(C(=O)C2CCCN2C(=O)Nc2ccc(C)cc2)CC1. The van der Waals surface area contributed by atoms with Gasteiger partial charge in [0.05, 0.1) is 0 Å². The highest BCUT2D eigenvalue weighted by molar-refractivity contribution is 5.94. The third kappa shape index (κ3) is 3.98. The predicted octanol–water partition coefficient (Wildman–Crippen LogP) is 1.68. The first-order chi connectivity index (χ1) is 12.5. The minimum absolute atomic E-state index is 0.00948. The van der Waals surface area contributed by atoms with Crippen molar-refractivity contribution in [2.24, 2.45) is 0 Å². The van der Waals surface area contributed by atoms with E-state index in [9.17, 15) is 14.4 Å². The molecule has 2 heterocycles. The van der Waals surface area contributed by atoms with Gasteiger partial charge in [-0.05, 0) is 31.9 Å². The fourth-order valence-electron chi connectivity index (χ4n) is 3.55. The Kier molecular flexibility index (Phi) is 5.44. The first-order valence-electron chi connectivity index (χ1n) is 9.14. The van der Waals surface area contributed by atoms with Crippen LogP contribution in [0.15, 0.2) is 24.3 Å². The highest BCUT2D eigenvalue weighted by Gasteiger charge is 2.37. The molecule has 0 saturated carbocycles. The Morgan fingerprint density at radius 2 is 1.58 bits per heavy atom. The van der Waals surface area contributed by atoms with E-state index in [4.69, 9.17) is 0 Å². The van der Waals surface area contributed by atoms with Crippen molar-refractivity contribution in [2.75, 3.05) is 38.0 Å². The summed E-state index contributed by atoms with van der Waals surface area (Å²) in [6.07, 6.45) is 1.51. The molecule has 2 aliphatic rings. The predicted molar refractivity (Wildman–Crippen MR) is 98.8 cm³/mol. The van der Waals surface area contributed by atoms with Crippen molar-refractivity contribution in [3.63, 3.8) is 0 Å². The largest absolute Gasteiger partial charge is 0.339 e. The Balaban J connectivity index is 1.60. The second-order valence-electron chi connectivity index (χ2n) is 6.98. The van der Waals surface area contributed by atoms with Crippen molar-refractivity contribution < 1.29 is 14.4 Å². The minimum Gasteiger partial charge on any atom is -0.339 e. The average molecular weight is 358 g/mol. The van der Waals surface area contributed by atoms with E-state index < -0.39 is 6.04 Å². The van der Waals surface area contributed by atoms with Crippen LogP contribution in [0.4, 0.5) is 10.5 Å². The van der Waals surface area contributed by atoms with Gasteiger partial charge in [0.25, 0.3) is 0 Å². The molecule has 2 aliphatic heterocycles. The molecule has 0 bridgehead atoms. The van der Waals surface area contributed by atoms with Gasteiger partial charge in [-0.3, -0.25) is 9.59 Å². The van der Waals surface area contributed by atoms with Crippen LogP contribution >= 0.6 is 0 Å². The van der Waals surface area contributed by atoms with Crippen molar-refractivity contribution in [1.29, 1.82) is 0 Å². The number of benzene rings is 1. The van der Waals surface area contributed by atoms with Gasteiger partial charge in [-0.2, -0.15) is 0 Å². The number of carbonyl (C=O) groups is 3. The normalized spacial score (nSPS) is 20.2. The van der Waals surface area contributed by atoms with Crippen molar-refractivity contribution in [2.45, 2.75) is 32.7 Å². The molecule has 1 aromatic carbocycles. The van der Waals surface area contributed by atoms with E-state index in [-0.39, 0.29) is 17.8 Å². The van der Waals surface area contributed by atoms with Crippen LogP contribution in [0.25, 0.3) is 0 Å². The summed E-state index contributed by atoms with van der Waals surface area (Å²) < 4.78 is 0. The highest BCUT2D eigenvalue weighted by atomic mass is 16.2. The Morgan fingerprint density at radius 3 is 2.19 bits per heavy atom. The summed E-state index contributed by atoms with van der Waals surface area (Å²) in [6.45, 7) is 6.30. The first kappa shape index (κ1) is 18.2. The maximum atomic E-state index is 12.9. The maximum Gasteiger partial charge on any atom is 0.322 e. The summed E-state index contributed by atoms with van der Waals surface area (Å²) >= 11 is 0. The zero-order chi connectivity index (χ0) is 18.7. The average Bonchev–Trinajstić information content (AvgIpc) is 3.13. The zero-order valence-electron chi connectivity index (χ0n) is 15.4. The Bertz CT molecular complexity index is 681. The number of rotatable bonds is 2. The third-order valence-electron chi connectivity index (χ3n) is 5.14. The fourth-order valence-corrected chi connectivity index (χ4v) is 3.55. The van der Waals surface area contributed by atoms with Crippen molar-refractivity contribution in [3.8, 4) is 0 Å². The molecule has 0 spiro atoms. The van der Waals surface area contributed by atoms with Gasteiger partial charge in [0.2, 0.25) is 11.8 Å². The molecule has 1 atom stereocenters. The molecule has 26 heavy (non-hydrogen) atoms. The lowest BCUT2D eigenvalue weighted by molar-refractivity contribution is -0.141. The number of hydrogen-bond donors (Lipinski definition) is 1. The number of anilines is 1. The van der Waals surface area contributed by atoms with E-state index in [2.05, 4.69) is 5.32 Å². The summed E-state index contributed by atoms with van der Waals surface area (Å²) in [5, 5.41) is 2.88. The molecule has 1 aromatic rings. The molecular formula is C19H26N4O3. The zero-order valence-corrected chi connectivity index (χ0v) is 15.4. The Labute approximate surface area is 153 Å². The summed E-state index contributed by atoms with van der Waals surface area (Å²) in [5.74, 6) is 0.0295. The van der Waals surface area contributed by atoms with Gasteiger partial charge in [-0.15, -0.1) is 0 Å². The summed E-state index contributed by atoms with van der Waals surface area (Å²) in [5.41, 5.74) is 1.86. The van der Waals surface area contributed by atoms with Gasteiger partial charge in [0.1, 0.15) is 6.04 Å². The molecule has 2 saturated heterocycles. The van der Waals surface area contributed by atoms with Gasteiger partial charge in [-0.25, -0.2) is 4.79 Å². The van der Waals surface area contributed by atoms with E-state index >= 15 is 0 Å². The second kappa shape index (κ2) is 7.76. The van der Waals surface area contributed by atoms with Gasteiger partial charge in [-0.1, -0.05) is 17.7 Å². The van der Waals surface area contributed by atoms with Gasteiger partial charge < -0.3 is 20.0 Å². The molecule has 7 nitrogen and oxygen atoms in total. The minimum atomic E-state index is -0.413. The summed E-state index contributed by atoms with van der Waals surface area (Å²) in [7, 11) is 0. The van der Waals surface area contributed by atoms with Crippen molar-refractivity contribution in [1.82, 2.24) is 14.7 Å². The number of carbonyl (C=O) groups excluding carboxylic acids is 3. The van der Waals surface area contributed by atoms with Crippen LogP contribution in [0.5, 0.6) is 0 Å². The van der Waals surface area contributed by atoms with E-state index in [1.165, 1.54) is 0 Å². The number of aryl methyl sites for hydroxylation is 1. The van der Waals surface area contributed by atoms with Gasteiger partial charge in [0.15, 0.2) is 0 Å². The van der Waals surface area contributed by atoms with E-state index in [0.717, 1.165) is 17.7 Å². The van der Waals surface area contributed by atoms with Crippen LogP contribution in [-0.2, 0) is 9.59 Å². The van der Waals surface area contributed by atoms with Gasteiger partial charge in [0, 0.05) is 45.3 Å². The standard InChI is InChI=1S/C19H26N4O3/c1-14-5-7-16(8-6-14)20-19(26)23-9-3-4-17(23)18(25)22-12-10-21(11-13-22)15(2)24/h5-8,17H,3-4,9-13H2,1-2H3,(H,20,26). The van der Waals surface area contributed by atoms with Gasteiger partial charge >= 0.3 is 6.03 Å². The smallest absolute Gasteiger partial charge is 0.322 e. The Hall–Kier alpha value is -2.57. The van der Waals surface area contributed by atoms with Crippen LogP contribution in [0, 0.1) is 6.92 Å². The van der Waals surface area contributed by atoms with Crippen LogP contribution < -0.4 is 5.32 Å². The molecule has 1 N–H and O–H groups in total. The lowest BCUT2D eigenvalue weighted by Gasteiger charge is -2.37. The summed E-state index contributed by atoms with van der Waals surface area (Å²) in [4.78, 5) is 42.1. The summed E-state index contributed by atoms with van der Waals surface area (Å²) in [6, 6.07) is 6.96. The van der Waals surface area contributed by atoms with E-state index in [1.54, 1.807) is 21.6 Å². The quantitative estimate of drug-likeness (QED) is 0.874. The number of nitrogens with one attached hydrogen (secondary N) is 1. The van der Waals surface area contributed by atoms with Crippen molar-refractivity contribution in [3.05, 3.63) is 29.8 Å². The van der Waals surface area contributed by atoms with E-state index in [1.807, 2.05) is 31.2 Å². The number of hydrogen-bond acceptors (Lipinski definition) is 3. The molecule has 3 rings (SSSR count). The molecule has 0 radical (unpaired) electrons. The third-order valence-corrected chi connectivity index (χ3v) is 5.14. The molecule has 7 heteroatoms. The fraction of sp³-hybridized carbons (Fsp3) is 0.526. The van der Waals surface area contributed by atoms with E-state index in [0.29, 0.717) is 39.1 Å². The number of amides is 4. The number of likely N-dealkylation sites (tertiary alicyclic amines) is 1. The van der Waals surface area contributed by atoms with Crippen LogP contribution in [0.2, 0.25) is 0 Å². The number of urea groups is 1. The van der Waals surface area contributed by atoms with Crippen LogP contribution in [0.3, 0.4) is 0 Å². The monoisotopic (exact) mass is 358 g/mol. The molecule has 0 aromatic heterocycles. The molecule has 140 valence electrons. The van der Waals surface area contributed by atoms with Crippen LogP contribution in [0.1, 0.15) is 25.3 Å². The number of nitrogens with zero attached hydrogens (tertiary/aromatic N) is 3. The highest BCUT2D eigenvalue weighted by Crippen LogP contribution is 2.22. The Morgan fingerprint density at radius 1 is 0.962 bits per heavy atom. The lowest BCUT2D eigenvalue weighted by atomic mass is 10.1. The molecule has 0 aliphatic carbocycles. The molecule has 4 amide bonds. The maximum absolute atomic E-state index is 12.9. The lowest BCUT2D eigenvalue weighted by Crippen LogP contribution is -2.55. The second-order valence-corrected chi connectivity index (χ2v) is 6.98. The topological polar surface area (TPSA) is 73.0 Å².